The van der Waals surface area contributed by atoms with Gasteiger partial charge in [0, 0.05) is 19.6 Å². The first-order chi connectivity index (χ1) is 9.79. The molecule has 0 aromatic heterocycles. The molecule has 1 aromatic carbocycles. The van der Waals surface area contributed by atoms with E-state index in [1.807, 2.05) is 35.2 Å². The van der Waals surface area contributed by atoms with Crippen LogP contribution in [-0.4, -0.2) is 37.2 Å². The lowest BCUT2D eigenvalue weighted by atomic mass is 10.1. The van der Waals surface area contributed by atoms with E-state index < -0.39 is 0 Å². The van der Waals surface area contributed by atoms with Crippen molar-refractivity contribution in [3.05, 3.63) is 30.3 Å². The molecule has 1 aromatic rings. The van der Waals surface area contributed by atoms with Crippen LogP contribution in [0.1, 0.15) is 26.2 Å². The van der Waals surface area contributed by atoms with Gasteiger partial charge in [-0.2, -0.15) is 0 Å². The molecule has 0 aliphatic carbocycles. The SMILES string of the molecule is CCCNC(=O)N1CC[C@H](CCOc2ccccc2)C1. The molecule has 1 N–H and O–H groups in total. The van der Waals surface area contributed by atoms with Crippen molar-refractivity contribution >= 4 is 6.03 Å². The Hall–Kier alpha value is -1.71. The van der Waals surface area contributed by atoms with E-state index in [4.69, 9.17) is 4.74 Å². The van der Waals surface area contributed by atoms with Crippen molar-refractivity contribution in [2.24, 2.45) is 5.92 Å². The Morgan fingerprint density at radius 3 is 2.95 bits per heavy atom. The molecular weight excluding hydrogens is 252 g/mol. The first-order valence-corrected chi connectivity index (χ1v) is 7.50. The van der Waals surface area contributed by atoms with Gasteiger partial charge >= 0.3 is 6.03 Å². The van der Waals surface area contributed by atoms with Crippen molar-refractivity contribution in [1.82, 2.24) is 10.2 Å². The number of nitrogens with zero attached hydrogens (tertiary/aromatic N) is 1. The highest BCUT2D eigenvalue weighted by molar-refractivity contribution is 5.74. The molecule has 1 fully saturated rings. The first kappa shape index (κ1) is 14.7. The predicted molar refractivity (Wildman–Crippen MR) is 79.9 cm³/mol. The monoisotopic (exact) mass is 276 g/mol. The molecule has 1 saturated heterocycles. The molecule has 0 bridgehead atoms. The highest BCUT2D eigenvalue weighted by atomic mass is 16.5. The van der Waals surface area contributed by atoms with Crippen LogP contribution in [-0.2, 0) is 0 Å². The minimum Gasteiger partial charge on any atom is -0.494 e. The minimum absolute atomic E-state index is 0.0818. The molecule has 0 radical (unpaired) electrons. The smallest absolute Gasteiger partial charge is 0.317 e. The third kappa shape index (κ3) is 4.44. The van der Waals surface area contributed by atoms with Gasteiger partial charge in [-0.3, -0.25) is 0 Å². The molecule has 1 aliphatic heterocycles. The molecule has 0 saturated carbocycles. The van der Waals surface area contributed by atoms with Crippen LogP contribution >= 0.6 is 0 Å². The quantitative estimate of drug-likeness (QED) is 0.868. The first-order valence-electron chi connectivity index (χ1n) is 7.50. The zero-order valence-corrected chi connectivity index (χ0v) is 12.2. The van der Waals surface area contributed by atoms with Crippen LogP contribution in [0.15, 0.2) is 30.3 Å². The van der Waals surface area contributed by atoms with Crippen LogP contribution in [0.5, 0.6) is 5.75 Å². The summed E-state index contributed by atoms with van der Waals surface area (Å²) in [6.45, 7) is 5.27. The molecule has 2 rings (SSSR count). The average Bonchev–Trinajstić information content (AvgIpc) is 2.95. The summed E-state index contributed by atoms with van der Waals surface area (Å²) in [5, 5.41) is 2.93. The summed E-state index contributed by atoms with van der Waals surface area (Å²) >= 11 is 0. The van der Waals surface area contributed by atoms with Gasteiger partial charge in [-0.05, 0) is 37.3 Å². The van der Waals surface area contributed by atoms with Crippen LogP contribution in [0.2, 0.25) is 0 Å². The third-order valence-electron chi connectivity index (χ3n) is 3.64. The summed E-state index contributed by atoms with van der Waals surface area (Å²) in [6.07, 6.45) is 3.07. The second-order valence-corrected chi connectivity index (χ2v) is 5.28. The van der Waals surface area contributed by atoms with Crippen molar-refractivity contribution in [3.8, 4) is 5.75 Å². The fraction of sp³-hybridized carbons (Fsp3) is 0.562. The largest absolute Gasteiger partial charge is 0.494 e. The number of carbonyl (C=O) groups excluding carboxylic acids is 1. The number of urea groups is 1. The van der Waals surface area contributed by atoms with Gasteiger partial charge in [-0.25, -0.2) is 4.79 Å². The van der Waals surface area contributed by atoms with Gasteiger partial charge in [0.15, 0.2) is 0 Å². The Morgan fingerprint density at radius 1 is 1.40 bits per heavy atom. The number of amides is 2. The fourth-order valence-electron chi connectivity index (χ4n) is 2.46. The Bertz CT molecular complexity index is 408. The standard InChI is InChI=1S/C16H24N2O2/c1-2-10-17-16(19)18-11-8-14(13-18)9-12-20-15-6-4-3-5-7-15/h3-7,14H,2,8-13H2,1H3,(H,17,19)/t14-/m1/s1. The molecule has 1 atom stereocenters. The van der Waals surface area contributed by atoms with Gasteiger partial charge < -0.3 is 15.0 Å². The van der Waals surface area contributed by atoms with Crippen molar-refractivity contribution in [2.45, 2.75) is 26.2 Å². The number of para-hydroxylation sites is 1. The molecule has 2 amide bonds. The lowest BCUT2D eigenvalue weighted by molar-refractivity contribution is 0.205. The molecule has 4 heteroatoms. The topological polar surface area (TPSA) is 41.6 Å². The van der Waals surface area contributed by atoms with Crippen molar-refractivity contribution in [2.75, 3.05) is 26.2 Å². The number of rotatable bonds is 6. The summed E-state index contributed by atoms with van der Waals surface area (Å²) in [5.41, 5.74) is 0. The van der Waals surface area contributed by atoms with Crippen LogP contribution in [0, 0.1) is 5.92 Å². The van der Waals surface area contributed by atoms with E-state index in [0.717, 1.165) is 51.3 Å². The number of hydrogen-bond donors (Lipinski definition) is 1. The maximum absolute atomic E-state index is 11.8. The zero-order chi connectivity index (χ0) is 14.2. The normalized spacial score (nSPS) is 18.1. The number of likely N-dealkylation sites (tertiary alicyclic amines) is 1. The molecular formula is C16H24N2O2. The number of carbonyl (C=O) groups is 1. The number of benzene rings is 1. The fourth-order valence-corrected chi connectivity index (χ4v) is 2.46. The highest BCUT2D eigenvalue weighted by Gasteiger charge is 2.25. The van der Waals surface area contributed by atoms with E-state index in [1.165, 1.54) is 0 Å². The molecule has 0 unspecified atom stereocenters. The number of nitrogens with one attached hydrogen (secondary N) is 1. The summed E-state index contributed by atoms with van der Waals surface area (Å²) in [5.74, 6) is 1.48. The summed E-state index contributed by atoms with van der Waals surface area (Å²) in [6, 6.07) is 9.96. The van der Waals surface area contributed by atoms with E-state index in [-0.39, 0.29) is 6.03 Å². The van der Waals surface area contributed by atoms with Gasteiger partial charge in [0.05, 0.1) is 6.61 Å². The van der Waals surface area contributed by atoms with E-state index >= 15 is 0 Å². The maximum atomic E-state index is 11.8. The molecule has 0 spiro atoms. The van der Waals surface area contributed by atoms with Crippen LogP contribution in [0.4, 0.5) is 4.79 Å². The second kappa shape index (κ2) is 7.78. The Labute approximate surface area is 121 Å². The van der Waals surface area contributed by atoms with Crippen molar-refractivity contribution in [3.63, 3.8) is 0 Å². The Kier molecular flexibility index (Phi) is 5.71. The summed E-state index contributed by atoms with van der Waals surface area (Å²) in [4.78, 5) is 13.7. The van der Waals surface area contributed by atoms with Crippen molar-refractivity contribution < 1.29 is 9.53 Å². The molecule has 1 heterocycles. The molecule has 4 nitrogen and oxygen atoms in total. The van der Waals surface area contributed by atoms with Gasteiger partial charge in [0.1, 0.15) is 5.75 Å². The third-order valence-corrected chi connectivity index (χ3v) is 3.64. The van der Waals surface area contributed by atoms with Crippen LogP contribution in [0.3, 0.4) is 0 Å². The number of hydrogen-bond acceptors (Lipinski definition) is 2. The Balaban J connectivity index is 1.65. The molecule has 20 heavy (non-hydrogen) atoms. The lowest BCUT2D eigenvalue weighted by Gasteiger charge is -2.17. The van der Waals surface area contributed by atoms with Gasteiger partial charge in [-0.1, -0.05) is 25.1 Å². The summed E-state index contributed by atoms with van der Waals surface area (Å²) in [7, 11) is 0. The van der Waals surface area contributed by atoms with Gasteiger partial charge in [-0.15, -0.1) is 0 Å². The van der Waals surface area contributed by atoms with Gasteiger partial charge in [0.25, 0.3) is 0 Å². The van der Waals surface area contributed by atoms with Gasteiger partial charge in [0.2, 0.25) is 0 Å². The second-order valence-electron chi connectivity index (χ2n) is 5.28. The minimum atomic E-state index is 0.0818. The highest BCUT2D eigenvalue weighted by Crippen LogP contribution is 2.20. The van der Waals surface area contributed by atoms with E-state index in [2.05, 4.69) is 12.2 Å². The Morgan fingerprint density at radius 2 is 2.20 bits per heavy atom. The maximum Gasteiger partial charge on any atom is 0.317 e. The molecule has 110 valence electrons. The van der Waals surface area contributed by atoms with Crippen LogP contribution in [0.25, 0.3) is 0 Å². The van der Waals surface area contributed by atoms with Crippen LogP contribution < -0.4 is 10.1 Å². The number of ether oxygens (including phenoxy) is 1. The lowest BCUT2D eigenvalue weighted by Crippen LogP contribution is -2.38. The predicted octanol–water partition coefficient (Wildman–Crippen LogP) is 2.90. The average molecular weight is 276 g/mol. The summed E-state index contributed by atoms with van der Waals surface area (Å²) < 4.78 is 5.71. The van der Waals surface area contributed by atoms with E-state index in [1.54, 1.807) is 0 Å². The molecule has 1 aliphatic rings. The van der Waals surface area contributed by atoms with E-state index in [9.17, 15) is 4.79 Å². The van der Waals surface area contributed by atoms with E-state index in [0.29, 0.717) is 5.92 Å². The zero-order valence-electron chi connectivity index (χ0n) is 12.2. The van der Waals surface area contributed by atoms with Crippen molar-refractivity contribution in [1.29, 1.82) is 0 Å².